The zero-order chi connectivity index (χ0) is 14.7. The van der Waals surface area contributed by atoms with E-state index in [1.165, 1.54) is 12.1 Å². The van der Waals surface area contributed by atoms with Crippen molar-refractivity contribution in [2.75, 3.05) is 5.32 Å². The number of hydrogen-bond acceptors (Lipinski definition) is 4. The fourth-order valence-electron chi connectivity index (χ4n) is 1.52. The summed E-state index contributed by atoms with van der Waals surface area (Å²) in [5.41, 5.74) is 0.350. The molecule has 0 aliphatic carbocycles. The molecule has 0 bridgehead atoms. The average molecular weight is 405 g/mol. The molecule has 0 aliphatic rings. The van der Waals surface area contributed by atoms with Crippen molar-refractivity contribution in [2.24, 2.45) is 0 Å². The molecule has 0 amide bonds. The van der Waals surface area contributed by atoms with Crippen LogP contribution < -0.4 is 5.32 Å². The second kappa shape index (κ2) is 6.27. The quantitative estimate of drug-likeness (QED) is 0.610. The van der Waals surface area contributed by atoms with E-state index in [9.17, 15) is 14.5 Å². The van der Waals surface area contributed by atoms with Crippen LogP contribution in [0.2, 0.25) is 0 Å². The summed E-state index contributed by atoms with van der Waals surface area (Å²) in [6.07, 6.45) is 1.14. The number of nitro groups is 1. The van der Waals surface area contributed by atoms with Crippen LogP contribution in [0.25, 0.3) is 0 Å². The number of nitrogens with one attached hydrogen (secondary N) is 1. The van der Waals surface area contributed by atoms with Gasteiger partial charge in [-0.25, -0.2) is 9.37 Å². The van der Waals surface area contributed by atoms with Gasteiger partial charge in [0.25, 0.3) is 5.69 Å². The summed E-state index contributed by atoms with van der Waals surface area (Å²) in [7, 11) is 0. The Morgan fingerprint density at radius 1 is 1.35 bits per heavy atom. The fourth-order valence-corrected chi connectivity index (χ4v) is 2.40. The Bertz CT molecular complexity index is 667. The van der Waals surface area contributed by atoms with E-state index < -0.39 is 4.92 Å². The first-order valence-corrected chi connectivity index (χ1v) is 7.03. The molecule has 0 unspecified atom stereocenters. The molecule has 0 aliphatic heterocycles. The highest BCUT2D eigenvalue weighted by atomic mass is 79.9. The molecule has 1 aromatic carbocycles. The Hall–Kier alpha value is -1.54. The zero-order valence-corrected chi connectivity index (χ0v) is 13.1. The molecule has 104 valence electrons. The summed E-state index contributed by atoms with van der Waals surface area (Å²) in [6.45, 7) is 0.217. The third-order valence-electron chi connectivity index (χ3n) is 2.49. The van der Waals surface area contributed by atoms with Gasteiger partial charge >= 0.3 is 0 Å². The van der Waals surface area contributed by atoms with Crippen LogP contribution in [0.4, 0.5) is 15.9 Å². The van der Waals surface area contributed by atoms with Crippen LogP contribution in [0.5, 0.6) is 0 Å². The molecule has 2 aromatic rings. The molecule has 8 heteroatoms. The lowest BCUT2D eigenvalue weighted by Crippen LogP contribution is -2.04. The lowest BCUT2D eigenvalue weighted by molar-refractivity contribution is -0.385. The van der Waals surface area contributed by atoms with E-state index in [1.807, 2.05) is 0 Å². The first-order chi connectivity index (χ1) is 9.47. The van der Waals surface area contributed by atoms with Crippen molar-refractivity contribution < 1.29 is 9.31 Å². The van der Waals surface area contributed by atoms with E-state index in [0.717, 1.165) is 10.7 Å². The van der Waals surface area contributed by atoms with Crippen molar-refractivity contribution in [1.82, 2.24) is 4.98 Å². The minimum Gasteiger partial charge on any atom is -0.365 e. The van der Waals surface area contributed by atoms with Gasteiger partial charge < -0.3 is 5.32 Å². The van der Waals surface area contributed by atoms with Crippen LogP contribution in [0.1, 0.15) is 5.56 Å². The van der Waals surface area contributed by atoms with Gasteiger partial charge in [-0.15, -0.1) is 0 Å². The summed E-state index contributed by atoms with van der Waals surface area (Å²) in [4.78, 5) is 14.0. The maximum absolute atomic E-state index is 13.6. The Balaban J connectivity index is 2.15. The predicted molar refractivity (Wildman–Crippen MR) is 80.0 cm³/mol. The number of aromatic nitrogens is 1. The fraction of sp³-hybridized carbons (Fsp3) is 0.0833. The number of pyridine rings is 1. The number of hydrogen-bond donors (Lipinski definition) is 1. The third kappa shape index (κ3) is 3.51. The Labute approximate surface area is 130 Å². The van der Waals surface area contributed by atoms with Crippen LogP contribution in [0, 0.1) is 15.9 Å². The Kier molecular flexibility index (Phi) is 4.66. The summed E-state index contributed by atoms with van der Waals surface area (Å²) < 4.78 is 14.8. The molecule has 20 heavy (non-hydrogen) atoms. The first-order valence-electron chi connectivity index (χ1n) is 5.45. The van der Waals surface area contributed by atoms with Crippen molar-refractivity contribution in [3.8, 4) is 0 Å². The molecule has 0 atom stereocenters. The molecular weight excluding hydrogens is 397 g/mol. The topological polar surface area (TPSA) is 68.1 Å². The number of anilines is 1. The average Bonchev–Trinajstić information content (AvgIpc) is 2.40. The van der Waals surface area contributed by atoms with Crippen LogP contribution in [0.15, 0.2) is 39.4 Å². The number of rotatable bonds is 4. The van der Waals surface area contributed by atoms with Gasteiger partial charge in [0.05, 0.1) is 9.40 Å². The van der Waals surface area contributed by atoms with Gasteiger partial charge in [-0.05, 0) is 34.1 Å². The lowest BCUT2D eigenvalue weighted by atomic mass is 10.2. The van der Waals surface area contributed by atoms with Crippen LogP contribution in [0.3, 0.4) is 0 Å². The van der Waals surface area contributed by atoms with E-state index in [2.05, 4.69) is 42.2 Å². The molecule has 5 nitrogen and oxygen atoms in total. The van der Waals surface area contributed by atoms with E-state index in [0.29, 0.717) is 15.9 Å². The maximum atomic E-state index is 13.6. The van der Waals surface area contributed by atoms with E-state index in [4.69, 9.17) is 0 Å². The van der Waals surface area contributed by atoms with Gasteiger partial charge in [0, 0.05) is 22.6 Å². The molecule has 0 saturated carbocycles. The van der Waals surface area contributed by atoms with Gasteiger partial charge in [0.15, 0.2) is 0 Å². The number of nitrogens with zero attached hydrogens (tertiary/aromatic N) is 2. The van der Waals surface area contributed by atoms with Crippen LogP contribution >= 0.6 is 31.9 Å². The highest BCUT2D eigenvalue weighted by Gasteiger charge is 2.11. The summed E-state index contributed by atoms with van der Waals surface area (Å²) in [5.74, 6) is 0.0775. The van der Waals surface area contributed by atoms with Gasteiger partial charge in [-0.3, -0.25) is 10.1 Å². The monoisotopic (exact) mass is 403 g/mol. The van der Waals surface area contributed by atoms with Crippen molar-refractivity contribution >= 4 is 43.4 Å². The molecule has 0 radical (unpaired) electrons. The number of benzene rings is 1. The second-order valence-electron chi connectivity index (χ2n) is 3.87. The van der Waals surface area contributed by atoms with Crippen molar-refractivity contribution in [1.29, 1.82) is 0 Å². The molecule has 1 N–H and O–H groups in total. The normalized spacial score (nSPS) is 10.3. The Morgan fingerprint density at radius 2 is 2.10 bits per heavy atom. The molecule has 1 heterocycles. The van der Waals surface area contributed by atoms with Gasteiger partial charge in [0.2, 0.25) is 0 Å². The predicted octanol–water partition coefficient (Wildman–Crippen LogP) is 4.27. The van der Waals surface area contributed by atoms with Crippen molar-refractivity contribution in [2.45, 2.75) is 6.54 Å². The SMILES string of the molecule is O=[N+]([O-])c1cnc(NCc2cc(Br)ccc2F)c(Br)c1. The standard InChI is InChI=1S/C12H8Br2FN3O2/c13-8-1-2-11(15)7(3-8)5-16-12-10(14)4-9(6-17-12)18(19)20/h1-4,6H,5H2,(H,16,17). The highest BCUT2D eigenvalue weighted by molar-refractivity contribution is 9.10. The van der Waals surface area contributed by atoms with Crippen molar-refractivity contribution in [3.63, 3.8) is 0 Å². The minimum absolute atomic E-state index is 0.115. The second-order valence-corrected chi connectivity index (χ2v) is 5.64. The molecule has 0 spiro atoms. The zero-order valence-electron chi connectivity index (χ0n) is 9.94. The van der Waals surface area contributed by atoms with Gasteiger partial charge in [-0.2, -0.15) is 0 Å². The first kappa shape index (κ1) is 14.9. The Morgan fingerprint density at radius 3 is 2.75 bits per heavy atom. The molecule has 0 saturated heterocycles. The van der Waals surface area contributed by atoms with Gasteiger partial charge in [0.1, 0.15) is 17.8 Å². The summed E-state index contributed by atoms with van der Waals surface area (Å²) in [5, 5.41) is 13.5. The molecule has 0 fully saturated rings. The lowest BCUT2D eigenvalue weighted by Gasteiger charge is -2.08. The molecular formula is C12H8Br2FN3O2. The molecule has 2 rings (SSSR count). The third-order valence-corrected chi connectivity index (χ3v) is 3.59. The maximum Gasteiger partial charge on any atom is 0.288 e. The van der Waals surface area contributed by atoms with Crippen LogP contribution in [-0.2, 0) is 6.54 Å². The highest BCUT2D eigenvalue weighted by Crippen LogP contribution is 2.25. The van der Waals surface area contributed by atoms with E-state index in [-0.39, 0.29) is 18.0 Å². The largest absolute Gasteiger partial charge is 0.365 e. The van der Waals surface area contributed by atoms with E-state index in [1.54, 1.807) is 12.1 Å². The van der Waals surface area contributed by atoms with Crippen molar-refractivity contribution in [3.05, 3.63) is 60.9 Å². The van der Waals surface area contributed by atoms with E-state index >= 15 is 0 Å². The minimum atomic E-state index is -0.532. The summed E-state index contributed by atoms with van der Waals surface area (Å²) >= 11 is 6.46. The smallest absolute Gasteiger partial charge is 0.288 e. The molecule has 1 aromatic heterocycles. The van der Waals surface area contributed by atoms with Crippen LogP contribution in [-0.4, -0.2) is 9.91 Å². The van der Waals surface area contributed by atoms with Gasteiger partial charge in [-0.1, -0.05) is 15.9 Å². The number of halogens is 3. The summed E-state index contributed by atoms with van der Waals surface area (Å²) in [6, 6.07) is 5.96.